The first-order valence-electron chi connectivity index (χ1n) is 7.89. The Morgan fingerprint density at radius 1 is 0.793 bits per heavy atom. The lowest BCUT2D eigenvalue weighted by molar-refractivity contribution is 0.434. The number of hydrogen-bond donors (Lipinski definition) is 3. The van der Waals surface area contributed by atoms with Crippen LogP contribution < -0.4 is 0 Å². The molecule has 10 heteroatoms. The molecule has 0 aliphatic heterocycles. The highest BCUT2D eigenvalue weighted by atomic mass is 35.5. The Bertz CT molecular complexity index is 1210. The number of rotatable bonds is 4. The number of halogens is 4. The molecule has 0 spiro atoms. The van der Waals surface area contributed by atoms with E-state index < -0.39 is 37.0 Å². The van der Waals surface area contributed by atoms with E-state index in [1.54, 1.807) is 0 Å². The zero-order valence-corrected chi connectivity index (χ0v) is 18.1. The monoisotopic (exact) mass is 492 g/mol. The van der Waals surface area contributed by atoms with E-state index in [0.29, 0.717) is 0 Å². The third-order valence-electron chi connectivity index (χ3n) is 4.38. The van der Waals surface area contributed by atoms with Crippen LogP contribution in [-0.4, -0.2) is 23.2 Å². The van der Waals surface area contributed by atoms with Gasteiger partial charge in [0.25, 0.3) is 10.1 Å². The summed E-state index contributed by atoms with van der Waals surface area (Å²) in [4.78, 5) is 0. The average Bonchev–Trinajstić information content (AvgIpc) is 2.63. The van der Waals surface area contributed by atoms with E-state index in [-0.39, 0.29) is 26.2 Å². The van der Waals surface area contributed by atoms with E-state index in [1.165, 1.54) is 42.5 Å². The molecule has 0 aliphatic rings. The van der Waals surface area contributed by atoms with Gasteiger partial charge in [0.1, 0.15) is 11.5 Å². The average molecular weight is 494 g/mol. The minimum absolute atomic E-state index is 0.0838. The van der Waals surface area contributed by atoms with Gasteiger partial charge in [-0.3, -0.25) is 4.55 Å². The van der Waals surface area contributed by atoms with Crippen molar-refractivity contribution in [2.75, 3.05) is 0 Å². The maximum atomic E-state index is 13.0. The Hall–Kier alpha value is -1.67. The van der Waals surface area contributed by atoms with Crippen molar-refractivity contribution in [2.24, 2.45) is 0 Å². The molecular formula is C19H12Cl4O5S. The van der Waals surface area contributed by atoms with Crippen LogP contribution in [0.15, 0.2) is 54.6 Å². The van der Waals surface area contributed by atoms with Crippen LogP contribution in [-0.2, 0) is 14.9 Å². The van der Waals surface area contributed by atoms with E-state index in [1.807, 2.05) is 0 Å². The third kappa shape index (κ3) is 3.65. The number of aromatic hydroxyl groups is 2. The highest BCUT2D eigenvalue weighted by molar-refractivity contribution is 7.87. The van der Waals surface area contributed by atoms with Gasteiger partial charge in [-0.2, -0.15) is 8.42 Å². The van der Waals surface area contributed by atoms with Crippen molar-refractivity contribution >= 4 is 56.5 Å². The maximum Gasteiger partial charge on any atom is 0.283 e. The van der Waals surface area contributed by atoms with Crippen molar-refractivity contribution in [3.05, 3.63) is 91.4 Å². The fourth-order valence-electron chi connectivity index (χ4n) is 3.22. The van der Waals surface area contributed by atoms with E-state index >= 15 is 0 Å². The van der Waals surface area contributed by atoms with Gasteiger partial charge in [-0.25, -0.2) is 0 Å². The molecule has 0 fully saturated rings. The first-order chi connectivity index (χ1) is 13.5. The Labute approximate surface area is 186 Å². The Kier molecular flexibility index (Phi) is 5.98. The molecular weight excluding hydrogens is 482 g/mol. The number of benzene rings is 3. The normalized spacial score (nSPS) is 13.8. The van der Waals surface area contributed by atoms with Crippen LogP contribution in [0.5, 0.6) is 11.5 Å². The quantitative estimate of drug-likeness (QED) is 0.239. The van der Waals surface area contributed by atoms with Crippen LogP contribution >= 0.6 is 46.4 Å². The summed E-state index contributed by atoms with van der Waals surface area (Å²) in [5, 5.41) is 20.4. The van der Waals surface area contributed by atoms with E-state index in [2.05, 4.69) is 0 Å². The number of phenolic OH excluding ortho intramolecular Hbond substituents is 2. The largest absolute Gasteiger partial charge is 0.508 e. The first kappa shape index (κ1) is 22.0. The van der Waals surface area contributed by atoms with Crippen molar-refractivity contribution < 1.29 is 23.2 Å². The molecule has 0 aromatic heterocycles. The minimum atomic E-state index is -5.16. The van der Waals surface area contributed by atoms with Gasteiger partial charge in [-0.05, 0) is 48.0 Å². The van der Waals surface area contributed by atoms with Crippen molar-refractivity contribution in [3.63, 3.8) is 0 Å². The molecule has 0 radical (unpaired) electrons. The summed E-state index contributed by atoms with van der Waals surface area (Å²) in [6, 6.07) is 11.7. The van der Waals surface area contributed by atoms with Crippen molar-refractivity contribution in [2.45, 2.75) is 4.75 Å². The second-order valence-electron chi connectivity index (χ2n) is 6.08. The molecule has 3 aromatic carbocycles. The third-order valence-corrected chi connectivity index (χ3v) is 6.99. The van der Waals surface area contributed by atoms with Gasteiger partial charge in [-0.1, -0.05) is 58.5 Å². The maximum absolute atomic E-state index is 13.0. The van der Waals surface area contributed by atoms with Gasteiger partial charge in [0, 0.05) is 26.2 Å². The molecule has 0 aliphatic carbocycles. The smallest absolute Gasteiger partial charge is 0.283 e. The zero-order chi connectivity index (χ0) is 21.6. The van der Waals surface area contributed by atoms with Crippen molar-refractivity contribution in [3.8, 4) is 11.5 Å². The first-order valence-corrected chi connectivity index (χ1v) is 10.8. The summed E-state index contributed by atoms with van der Waals surface area (Å²) in [6.07, 6.45) is 0. The molecule has 5 nitrogen and oxygen atoms in total. The zero-order valence-electron chi connectivity index (χ0n) is 14.3. The predicted molar refractivity (Wildman–Crippen MR) is 114 cm³/mol. The summed E-state index contributed by atoms with van der Waals surface area (Å²) in [5.74, 6) is -1.13. The molecule has 1 atom stereocenters. The predicted octanol–water partition coefficient (Wildman–Crippen LogP) is 5.89. The highest BCUT2D eigenvalue weighted by Gasteiger charge is 2.53. The Balaban J connectivity index is 2.68. The van der Waals surface area contributed by atoms with Crippen LogP contribution in [0, 0.1) is 0 Å². The Morgan fingerprint density at radius 3 is 2.03 bits per heavy atom. The Morgan fingerprint density at radius 2 is 1.41 bits per heavy atom. The lowest BCUT2D eigenvalue weighted by Crippen LogP contribution is -2.39. The van der Waals surface area contributed by atoms with Crippen LogP contribution in [0.3, 0.4) is 0 Å². The molecule has 0 saturated heterocycles. The number of phenols is 2. The molecule has 29 heavy (non-hydrogen) atoms. The SMILES string of the molecule is O=S(=O)(O)C(c1cccc(Cl)c1)(c1cc(Cl)ccc1Cl)c1c(O)ccc(O)c1Cl. The summed E-state index contributed by atoms with van der Waals surface area (Å²) in [6.45, 7) is 0. The standard InChI is InChI=1S/C19H12Cl4O5S/c20-11-3-1-2-10(8-11)19(29(26,27)28,13-9-12(21)4-5-14(13)22)17-15(24)6-7-16(25)18(17)23/h1-9,24-25H,(H,26,27,28). The lowest BCUT2D eigenvalue weighted by atomic mass is 9.83. The van der Waals surface area contributed by atoms with Crippen molar-refractivity contribution in [1.82, 2.24) is 0 Å². The molecule has 1 unspecified atom stereocenters. The van der Waals surface area contributed by atoms with E-state index in [9.17, 15) is 23.2 Å². The minimum Gasteiger partial charge on any atom is -0.508 e. The summed E-state index contributed by atoms with van der Waals surface area (Å²) < 4.78 is 34.0. The second-order valence-corrected chi connectivity index (χ2v) is 9.30. The van der Waals surface area contributed by atoms with Crippen LogP contribution in [0.1, 0.15) is 16.7 Å². The molecule has 3 aromatic rings. The topological polar surface area (TPSA) is 94.8 Å². The second kappa shape index (κ2) is 7.87. The molecule has 152 valence electrons. The van der Waals surface area contributed by atoms with Gasteiger partial charge < -0.3 is 10.2 Å². The summed E-state index contributed by atoms with van der Waals surface area (Å²) >= 11 is 24.7. The lowest BCUT2D eigenvalue weighted by Gasteiger charge is -2.34. The molecule has 0 amide bonds. The molecule has 3 N–H and O–H groups in total. The van der Waals surface area contributed by atoms with Crippen LogP contribution in [0.25, 0.3) is 0 Å². The fourth-order valence-corrected chi connectivity index (χ4v) is 5.59. The van der Waals surface area contributed by atoms with Gasteiger partial charge in [0.2, 0.25) is 0 Å². The molecule has 0 bridgehead atoms. The van der Waals surface area contributed by atoms with E-state index in [4.69, 9.17) is 46.4 Å². The molecule has 0 heterocycles. The highest BCUT2D eigenvalue weighted by Crippen LogP contribution is 2.53. The van der Waals surface area contributed by atoms with Gasteiger partial charge in [-0.15, -0.1) is 0 Å². The van der Waals surface area contributed by atoms with Crippen LogP contribution in [0.2, 0.25) is 20.1 Å². The van der Waals surface area contributed by atoms with Gasteiger partial charge in [0.05, 0.1) is 5.02 Å². The number of hydrogen-bond acceptors (Lipinski definition) is 4. The van der Waals surface area contributed by atoms with Crippen molar-refractivity contribution in [1.29, 1.82) is 0 Å². The van der Waals surface area contributed by atoms with E-state index in [0.717, 1.165) is 12.1 Å². The summed E-state index contributed by atoms with van der Waals surface area (Å²) in [7, 11) is -5.16. The molecule has 0 saturated carbocycles. The van der Waals surface area contributed by atoms with Crippen LogP contribution in [0.4, 0.5) is 0 Å². The summed E-state index contributed by atoms with van der Waals surface area (Å²) in [5.41, 5.74) is -0.785. The van der Waals surface area contributed by atoms with Gasteiger partial charge in [0.15, 0.2) is 4.75 Å². The fraction of sp³-hybridized carbons (Fsp3) is 0.0526. The van der Waals surface area contributed by atoms with Gasteiger partial charge >= 0.3 is 0 Å². The molecule has 3 rings (SSSR count).